The summed E-state index contributed by atoms with van der Waals surface area (Å²) in [6.45, 7) is 2.00. The van der Waals surface area contributed by atoms with E-state index in [2.05, 4.69) is 0 Å². The molecule has 0 aromatic rings. The van der Waals surface area contributed by atoms with Crippen molar-refractivity contribution in [1.82, 2.24) is 0 Å². The Balaban J connectivity index is 3.37. The molecule has 0 aromatic carbocycles. The van der Waals surface area contributed by atoms with Gasteiger partial charge in [0.1, 0.15) is 0 Å². The highest BCUT2D eigenvalue weighted by atomic mass is 35.5. The van der Waals surface area contributed by atoms with Gasteiger partial charge in [-0.15, -0.1) is 0 Å². The van der Waals surface area contributed by atoms with E-state index < -0.39 is 4.52 Å². The van der Waals surface area contributed by atoms with E-state index in [0.29, 0.717) is 6.42 Å². The Morgan fingerprint density at radius 2 is 2.12 bits per heavy atom. The molecular formula is C4H9BCl2O. The maximum atomic E-state index is 5.56. The molecule has 0 aliphatic heterocycles. The number of alkyl halides is 2. The summed E-state index contributed by atoms with van der Waals surface area (Å²) in [5.41, 5.74) is 0. The van der Waals surface area contributed by atoms with E-state index in [1.165, 1.54) is 8.05 Å². The van der Waals surface area contributed by atoms with Crippen molar-refractivity contribution in [2.24, 2.45) is 0 Å². The van der Waals surface area contributed by atoms with Gasteiger partial charge < -0.3 is 4.65 Å². The maximum Gasteiger partial charge on any atom is 0.261 e. The van der Waals surface area contributed by atoms with Gasteiger partial charge in [0.25, 0.3) is 8.05 Å². The molecule has 0 aromatic heterocycles. The van der Waals surface area contributed by atoms with Gasteiger partial charge in [-0.05, 0) is 0 Å². The first-order valence-electron chi connectivity index (χ1n) is 2.55. The number of hydrogen-bond donors (Lipinski definition) is 0. The van der Waals surface area contributed by atoms with E-state index in [9.17, 15) is 0 Å². The fraction of sp³-hybridized carbons (Fsp3) is 1.00. The van der Waals surface area contributed by atoms with Crippen molar-refractivity contribution < 1.29 is 4.65 Å². The number of halogens is 2. The summed E-state index contributed by atoms with van der Waals surface area (Å²) in [6, 6.07) is 0. The van der Waals surface area contributed by atoms with E-state index in [1.807, 2.05) is 6.92 Å². The summed E-state index contributed by atoms with van der Waals surface area (Å²) < 4.78 is 3.75. The molecule has 48 valence electrons. The molecule has 0 unspecified atom stereocenters. The smallest absolute Gasteiger partial charge is 0.261 e. The molecule has 0 heterocycles. The lowest BCUT2D eigenvalue weighted by atomic mass is 10.3. The van der Waals surface area contributed by atoms with Crippen LogP contribution in [0.4, 0.5) is 0 Å². The second-order valence-electron chi connectivity index (χ2n) is 1.59. The summed E-state index contributed by atoms with van der Waals surface area (Å²) in [7, 11) is 1.50. The fourth-order valence-corrected chi connectivity index (χ4v) is 0.771. The molecule has 8 heavy (non-hydrogen) atoms. The minimum atomic E-state index is -0.964. The lowest BCUT2D eigenvalue weighted by Crippen LogP contribution is -2.14. The zero-order valence-electron chi connectivity index (χ0n) is 5.08. The lowest BCUT2D eigenvalue weighted by molar-refractivity contribution is 0.252. The van der Waals surface area contributed by atoms with Crippen molar-refractivity contribution in [1.29, 1.82) is 0 Å². The topological polar surface area (TPSA) is 9.23 Å². The van der Waals surface area contributed by atoms with Crippen molar-refractivity contribution in [3.63, 3.8) is 0 Å². The number of hydrogen-bond acceptors (Lipinski definition) is 1. The van der Waals surface area contributed by atoms with Crippen LogP contribution in [0.3, 0.4) is 0 Å². The summed E-state index contributed by atoms with van der Waals surface area (Å²) in [5, 5.41) is 0. The molecule has 4 heteroatoms. The van der Waals surface area contributed by atoms with Crippen LogP contribution in [-0.2, 0) is 4.65 Å². The predicted molar refractivity (Wildman–Crippen MR) is 39.0 cm³/mol. The van der Waals surface area contributed by atoms with Crippen LogP contribution < -0.4 is 0 Å². The molecule has 0 bridgehead atoms. The third kappa shape index (κ3) is 3.59. The van der Waals surface area contributed by atoms with Crippen molar-refractivity contribution >= 4 is 31.3 Å². The Morgan fingerprint density at radius 1 is 1.62 bits per heavy atom. The number of rotatable bonds is 3. The van der Waals surface area contributed by atoms with Crippen LogP contribution in [0.2, 0.25) is 0 Å². The first-order valence-corrected chi connectivity index (χ1v) is 3.31. The summed E-state index contributed by atoms with van der Waals surface area (Å²) in [4.78, 5) is 0. The predicted octanol–water partition coefficient (Wildman–Crippen LogP) is 1.48. The third-order valence-electron chi connectivity index (χ3n) is 0.840. The van der Waals surface area contributed by atoms with Crippen LogP contribution in [-0.4, -0.2) is 12.6 Å². The fourth-order valence-electron chi connectivity index (χ4n) is 0.393. The van der Waals surface area contributed by atoms with Crippen LogP contribution in [0.15, 0.2) is 0 Å². The molecule has 0 rings (SSSR count). The van der Waals surface area contributed by atoms with E-state index >= 15 is 0 Å². The molecule has 0 radical (unpaired) electrons. The van der Waals surface area contributed by atoms with Gasteiger partial charge in [-0.25, -0.2) is 0 Å². The first-order chi connectivity index (χ1) is 3.62. The molecule has 0 spiro atoms. The Labute approximate surface area is 60.7 Å². The zero-order chi connectivity index (χ0) is 6.62. The third-order valence-corrected chi connectivity index (χ3v) is 1.53. The van der Waals surface area contributed by atoms with Gasteiger partial charge in [0.05, 0.1) is 0 Å². The van der Waals surface area contributed by atoms with E-state index in [-0.39, 0.29) is 0 Å². The molecule has 0 N–H and O–H groups in total. The lowest BCUT2D eigenvalue weighted by Gasteiger charge is -2.16. The van der Waals surface area contributed by atoms with Gasteiger partial charge in [-0.1, -0.05) is 36.5 Å². The molecule has 0 saturated heterocycles. The van der Waals surface area contributed by atoms with E-state index in [4.69, 9.17) is 27.9 Å². The molecule has 0 aliphatic carbocycles. The zero-order valence-corrected chi connectivity index (χ0v) is 6.59. The Kier molecular flexibility index (Phi) is 3.87. The summed E-state index contributed by atoms with van der Waals surface area (Å²) in [5.74, 6) is 0. The Hall–Kier alpha value is 0.605. The van der Waals surface area contributed by atoms with Gasteiger partial charge in [0, 0.05) is 6.42 Å². The van der Waals surface area contributed by atoms with Crippen LogP contribution in [0.5, 0.6) is 0 Å². The van der Waals surface area contributed by atoms with Gasteiger partial charge in [-0.2, -0.15) is 0 Å². The average molecular weight is 155 g/mol. The average Bonchev–Trinajstić information content (AvgIpc) is 1.67. The quantitative estimate of drug-likeness (QED) is 0.442. The minimum Gasteiger partial charge on any atom is -0.416 e. The Morgan fingerprint density at radius 3 is 2.25 bits per heavy atom. The summed E-state index contributed by atoms with van der Waals surface area (Å²) >= 11 is 11.1. The second-order valence-corrected chi connectivity index (χ2v) is 3.01. The summed E-state index contributed by atoms with van der Waals surface area (Å²) in [6.07, 6.45) is 1.60. The highest BCUT2D eigenvalue weighted by Gasteiger charge is 2.19. The van der Waals surface area contributed by atoms with Gasteiger partial charge >= 0.3 is 0 Å². The van der Waals surface area contributed by atoms with E-state index in [1.54, 1.807) is 0 Å². The van der Waals surface area contributed by atoms with E-state index in [0.717, 1.165) is 6.42 Å². The van der Waals surface area contributed by atoms with Crippen LogP contribution in [0.1, 0.15) is 19.8 Å². The van der Waals surface area contributed by atoms with Gasteiger partial charge in [0.15, 0.2) is 0 Å². The van der Waals surface area contributed by atoms with Gasteiger partial charge in [0.2, 0.25) is 4.52 Å². The highest BCUT2D eigenvalue weighted by molar-refractivity contribution is 6.48. The van der Waals surface area contributed by atoms with Crippen LogP contribution in [0, 0.1) is 0 Å². The van der Waals surface area contributed by atoms with Crippen molar-refractivity contribution in [2.75, 3.05) is 0 Å². The largest absolute Gasteiger partial charge is 0.416 e. The Bertz CT molecular complexity index is 67.1. The molecule has 0 atom stereocenters. The molecule has 0 fully saturated rings. The SMILES string of the molecule is BOC(Cl)(Cl)CCC. The second kappa shape index (κ2) is 3.60. The van der Waals surface area contributed by atoms with Crippen molar-refractivity contribution in [2.45, 2.75) is 24.3 Å². The molecule has 0 aliphatic rings. The molecule has 1 nitrogen and oxygen atoms in total. The maximum absolute atomic E-state index is 5.56. The van der Waals surface area contributed by atoms with Crippen LogP contribution >= 0.6 is 23.2 Å². The monoisotopic (exact) mass is 154 g/mol. The normalized spacial score (nSPS) is 11.9. The van der Waals surface area contributed by atoms with Crippen molar-refractivity contribution in [3.8, 4) is 0 Å². The molecule has 0 saturated carbocycles. The standard InChI is InChI=1S/C4H9BCl2O/c1-2-3-4(6,7)8-5/h2-3,5H2,1H3. The van der Waals surface area contributed by atoms with Gasteiger partial charge in [-0.3, -0.25) is 0 Å². The molecule has 0 amide bonds. The molecular weight excluding hydrogens is 146 g/mol. The minimum absolute atomic E-state index is 0.673. The first kappa shape index (κ1) is 8.60. The highest BCUT2D eigenvalue weighted by Crippen LogP contribution is 2.26. The van der Waals surface area contributed by atoms with Crippen molar-refractivity contribution in [3.05, 3.63) is 0 Å². The van der Waals surface area contributed by atoms with Crippen LogP contribution in [0.25, 0.3) is 0 Å².